The Bertz CT molecular complexity index is 1080. The van der Waals surface area contributed by atoms with Crippen LogP contribution < -0.4 is 5.73 Å². The van der Waals surface area contributed by atoms with Gasteiger partial charge in [0, 0.05) is 11.8 Å². The van der Waals surface area contributed by atoms with E-state index in [1.54, 1.807) is 12.1 Å². The first kappa shape index (κ1) is 19.7. The van der Waals surface area contributed by atoms with Crippen molar-refractivity contribution in [1.29, 1.82) is 0 Å². The van der Waals surface area contributed by atoms with Crippen molar-refractivity contribution in [3.05, 3.63) is 53.3 Å². The van der Waals surface area contributed by atoms with E-state index in [9.17, 15) is 18.6 Å². The molecular formula is C17H16ClN3O4S2. The molecule has 0 unspecified atom stereocenters. The van der Waals surface area contributed by atoms with Gasteiger partial charge >= 0.3 is 0 Å². The lowest BCUT2D eigenvalue weighted by molar-refractivity contribution is -0.00226. The highest BCUT2D eigenvalue weighted by atomic mass is 35.5. The summed E-state index contributed by atoms with van der Waals surface area (Å²) in [6.45, 7) is 1.00. The second-order valence-electron chi connectivity index (χ2n) is 6.03. The van der Waals surface area contributed by atoms with Crippen molar-refractivity contribution in [2.45, 2.75) is 21.6 Å². The molecule has 0 amide bonds. The van der Waals surface area contributed by atoms with Crippen molar-refractivity contribution in [3.8, 4) is 10.6 Å². The van der Waals surface area contributed by atoms with Crippen LogP contribution in [0.3, 0.4) is 0 Å². The van der Waals surface area contributed by atoms with Crippen LogP contribution in [0.4, 0.5) is 5.82 Å². The van der Waals surface area contributed by atoms with Crippen molar-refractivity contribution in [2.75, 3.05) is 12.3 Å². The van der Waals surface area contributed by atoms with Gasteiger partial charge in [-0.05, 0) is 30.7 Å². The number of aliphatic hydroxyl groups excluding tert-OH is 1. The number of rotatable bonds is 5. The van der Waals surface area contributed by atoms with Gasteiger partial charge in [-0.2, -0.15) is 0 Å². The molecule has 0 aliphatic carbocycles. The van der Waals surface area contributed by atoms with Gasteiger partial charge < -0.3 is 15.9 Å². The topological polar surface area (TPSA) is 126 Å². The van der Waals surface area contributed by atoms with E-state index in [4.69, 9.17) is 17.3 Å². The highest BCUT2D eigenvalue weighted by Gasteiger charge is 2.25. The first-order valence-corrected chi connectivity index (χ1v) is 10.4. The predicted octanol–water partition coefficient (Wildman–Crippen LogP) is 2.47. The summed E-state index contributed by atoms with van der Waals surface area (Å²) >= 11 is 7.26. The van der Waals surface area contributed by atoms with Gasteiger partial charge in [0.1, 0.15) is 20.6 Å². The maximum atomic E-state index is 12.7. The molecule has 0 aliphatic rings. The SMILES string of the molecule is C[C@](O)(CO)c1ccc(-c2ncc(S(=O)(=O)c3ccc(N)nc3)s2)c(Cl)c1. The molecule has 10 heteroatoms. The minimum Gasteiger partial charge on any atom is -0.393 e. The maximum absolute atomic E-state index is 12.7. The Morgan fingerprint density at radius 3 is 2.56 bits per heavy atom. The van der Waals surface area contributed by atoms with E-state index >= 15 is 0 Å². The lowest BCUT2D eigenvalue weighted by Gasteiger charge is -2.21. The maximum Gasteiger partial charge on any atom is 0.219 e. The van der Waals surface area contributed by atoms with E-state index in [0.717, 1.165) is 11.3 Å². The molecule has 3 rings (SSSR count). The third-order valence-electron chi connectivity index (χ3n) is 3.95. The molecule has 1 aromatic carbocycles. The highest BCUT2D eigenvalue weighted by molar-refractivity contribution is 7.93. The fraction of sp³-hybridized carbons (Fsp3) is 0.176. The van der Waals surface area contributed by atoms with Crippen LogP contribution in [0.1, 0.15) is 12.5 Å². The molecule has 0 saturated carbocycles. The van der Waals surface area contributed by atoms with E-state index in [0.29, 0.717) is 16.1 Å². The third kappa shape index (κ3) is 3.83. The van der Waals surface area contributed by atoms with Gasteiger partial charge in [0.05, 0.1) is 22.7 Å². The standard InChI is InChI=1S/C17H16ClN3O4S2/c1-17(23,9-22)10-2-4-12(13(18)6-10)16-21-8-15(26-16)27(24,25)11-3-5-14(19)20-7-11/h2-8,22-23H,9H2,1H3,(H2,19,20)/t17-/m0/s1. The summed E-state index contributed by atoms with van der Waals surface area (Å²) in [5, 5.41) is 20.1. The molecule has 4 N–H and O–H groups in total. The van der Waals surface area contributed by atoms with Crippen LogP contribution in [0.25, 0.3) is 10.6 Å². The number of benzene rings is 1. The number of pyridine rings is 1. The van der Waals surface area contributed by atoms with E-state index in [1.807, 2.05) is 0 Å². The summed E-state index contributed by atoms with van der Waals surface area (Å²) in [7, 11) is -3.77. The fourth-order valence-corrected chi connectivity index (χ4v) is 5.13. The van der Waals surface area contributed by atoms with Crippen LogP contribution in [-0.4, -0.2) is 35.2 Å². The summed E-state index contributed by atoms with van der Waals surface area (Å²) in [6.07, 6.45) is 2.46. The summed E-state index contributed by atoms with van der Waals surface area (Å²) in [4.78, 5) is 8.00. The van der Waals surface area contributed by atoms with Gasteiger partial charge in [0.2, 0.25) is 9.84 Å². The van der Waals surface area contributed by atoms with Crippen molar-refractivity contribution >= 4 is 38.6 Å². The number of hydrogen-bond donors (Lipinski definition) is 3. The molecular weight excluding hydrogens is 410 g/mol. The van der Waals surface area contributed by atoms with Crippen molar-refractivity contribution < 1.29 is 18.6 Å². The van der Waals surface area contributed by atoms with Crippen LogP contribution in [0.5, 0.6) is 0 Å². The third-order valence-corrected chi connectivity index (χ3v) is 7.49. The Morgan fingerprint density at radius 1 is 1.22 bits per heavy atom. The largest absolute Gasteiger partial charge is 0.393 e. The van der Waals surface area contributed by atoms with Crippen molar-refractivity contribution in [1.82, 2.24) is 9.97 Å². The Labute approximate surface area is 165 Å². The number of nitrogens with two attached hydrogens (primary N) is 1. The van der Waals surface area contributed by atoms with Crippen LogP contribution in [-0.2, 0) is 15.4 Å². The fourth-order valence-electron chi connectivity index (χ4n) is 2.29. The zero-order valence-corrected chi connectivity index (χ0v) is 16.5. The quantitative estimate of drug-likeness (QED) is 0.573. The summed E-state index contributed by atoms with van der Waals surface area (Å²) in [5.74, 6) is 0.226. The number of halogens is 1. The number of anilines is 1. The molecule has 0 fully saturated rings. The number of sulfone groups is 1. The number of hydrogen-bond acceptors (Lipinski definition) is 8. The number of aliphatic hydroxyl groups is 2. The first-order valence-electron chi connectivity index (χ1n) is 7.71. The lowest BCUT2D eigenvalue weighted by Crippen LogP contribution is -2.25. The zero-order chi connectivity index (χ0) is 19.8. The number of nitrogens with zero attached hydrogens (tertiary/aromatic N) is 2. The normalized spacial score (nSPS) is 14.1. The minimum atomic E-state index is -3.77. The van der Waals surface area contributed by atoms with Crippen LogP contribution >= 0.6 is 22.9 Å². The molecule has 0 radical (unpaired) electrons. The van der Waals surface area contributed by atoms with Gasteiger partial charge in [-0.3, -0.25) is 0 Å². The van der Waals surface area contributed by atoms with Gasteiger partial charge in [-0.1, -0.05) is 23.7 Å². The molecule has 0 aliphatic heterocycles. The van der Waals surface area contributed by atoms with Crippen molar-refractivity contribution in [2.24, 2.45) is 0 Å². The molecule has 27 heavy (non-hydrogen) atoms. The average Bonchev–Trinajstić information content (AvgIpc) is 3.12. The Kier molecular flexibility index (Phi) is 5.24. The molecule has 0 bridgehead atoms. The minimum absolute atomic E-state index is 0.0207. The van der Waals surface area contributed by atoms with Crippen LogP contribution in [0.15, 0.2) is 51.8 Å². The van der Waals surface area contributed by atoms with Gasteiger partial charge in [0.25, 0.3) is 0 Å². The van der Waals surface area contributed by atoms with Crippen LogP contribution in [0, 0.1) is 0 Å². The molecule has 142 valence electrons. The molecule has 2 aromatic heterocycles. The van der Waals surface area contributed by atoms with Crippen molar-refractivity contribution in [3.63, 3.8) is 0 Å². The van der Waals surface area contributed by atoms with E-state index in [2.05, 4.69) is 9.97 Å². The molecule has 0 saturated heterocycles. The monoisotopic (exact) mass is 425 g/mol. The summed E-state index contributed by atoms with van der Waals surface area (Å²) in [5.41, 5.74) is 5.03. The average molecular weight is 426 g/mol. The Balaban J connectivity index is 1.98. The van der Waals surface area contributed by atoms with E-state index < -0.39 is 22.0 Å². The summed E-state index contributed by atoms with van der Waals surface area (Å²) in [6, 6.07) is 7.55. The molecule has 7 nitrogen and oxygen atoms in total. The van der Waals surface area contributed by atoms with Gasteiger partial charge in [0.15, 0.2) is 0 Å². The van der Waals surface area contributed by atoms with Crippen LogP contribution in [0.2, 0.25) is 5.02 Å². The first-order chi connectivity index (χ1) is 12.6. The Morgan fingerprint density at radius 2 is 1.96 bits per heavy atom. The predicted molar refractivity (Wildman–Crippen MR) is 103 cm³/mol. The molecule has 2 heterocycles. The zero-order valence-electron chi connectivity index (χ0n) is 14.1. The second kappa shape index (κ2) is 7.17. The second-order valence-corrected chi connectivity index (χ2v) is 9.65. The summed E-state index contributed by atoms with van der Waals surface area (Å²) < 4.78 is 25.4. The number of aromatic nitrogens is 2. The Hall–Kier alpha value is -2.04. The highest BCUT2D eigenvalue weighted by Crippen LogP contribution is 2.36. The molecule has 3 aromatic rings. The number of nitrogen functional groups attached to an aromatic ring is 1. The van der Waals surface area contributed by atoms with E-state index in [1.165, 1.54) is 37.5 Å². The van der Waals surface area contributed by atoms with Gasteiger partial charge in [-0.25, -0.2) is 18.4 Å². The number of thiazole rings is 1. The molecule has 0 spiro atoms. The van der Waals surface area contributed by atoms with Gasteiger partial charge in [-0.15, -0.1) is 11.3 Å². The van der Waals surface area contributed by atoms with E-state index in [-0.39, 0.29) is 19.9 Å². The smallest absolute Gasteiger partial charge is 0.219 e. The molecule has 1 atom stereocenters. The lowest BCUT2D eigenvalue weighted by atomic mass is 9.96.